The molecule has 1 aromatic rings. The number of sulfonamides is 1. The fourth-order valence-electron chi connectivity index (χ4n) is 2.37. The van der Waals surface area contributed by atoms with Crippen molar-refractivity contribution >= 4 is 28.1 Å². The number of halogens is 2. The van der Waals surface area contributed by atoms with Crippen molar-refractivity contribution in [1.29, 1.82) is 0 Å². The molecule has 2 atom stereocenters. The molecule has 1 fully saturated rings. The summed E-state index contributed by atoms with van der Waals surface area (Å²) in [7, 11) is -4.13. The first-order valence-corrected chi connectivity index (χ1v) is 7.89. The average Bonchev–Trinajstić information content (AvgIpc) is 2.41. The molecule has 0 bridgehead atoms. The Kier molecular flexibility index (Phi) is 5.85. The van der Waals surface area contributed by atoms with Crippen LogP contribution < -0.4 is 5.32 Å². The quantitative estimate of drug-likeness (QED) is 0.657. The van der Waals surface area contributed by atoms with Crippen molar-refractivity contribution in [2.75, 3.05) is 13.1 Å². The Hall–Kier alpha value is -1.29. The maximum atomic E-state index is 13.6. The van der Waals surface area contributed by atoms with E-state index in [2.05, 4.69) is 5.32 Å². The lowest BCUT2D eigenvalue weighted by molar-refractivity contribution is -0.390. The van der Waals surface area contributed by atoms with E-state index in [1.807, 2.05) is 6.92 Å². The molecule has 1 saturated heterocycles. The van der Waals surface area contributed by atoms with Crippen molar-refractivity contribution in [3.63, 3.8) is 0 Å². The van der Waals surface area contributed by atoms with Crippen LogP contribution in [0.1, 0.15) is 13.8 Å². The first kappa shape index (κ1) is 18.8. The Labute approximate surface area is 134 Å². The standard InChI is InChI=1S/C12H16FN3O4S.ClH/c1-8-9(2)15(7-6-14-8)21(19,20)11-5-3-4-10(13)12(11)16(17)18;/h3-5,8-9,14H,6-7H2,1-2H3;1H. The molecule has 0 aromatic heterocycles. The summed E-state index contributed by atoms with van der Waals surface area (Å²) in [6, 6.07) is 2.62. The van der Waals surface area contributed by atoms with Gasteiger partial charge in [-0.25, -0.2) is 8.42 Å². The van der Waals surface area contributed by atoms with E-state index in [4.69, 9.17) is 0 Å². The van der Waals surface area contributed by atoms with Gasteiger partial charge in [0.15, 0.2) is 4.90 Å². The fraction of sp³-hybridized carbons (Fsp3) is 0.500. The molecule has 0 amide bonds. The van der Waals surface area contributed by atoms with E-state index >= 15 is 0 Å². The topological polar surface area (TPSA) is 92.6 Å². The molecule has 2 unspecified atom stereocenters. The summed E-state index contributed by atoms with van der Waals surface area (Å²) in [4.78, 5) is 9.38. The third kappa shape index (κ3) is 3.22. The van der Waals surface area contributed by atoms with Crippen LogP contribution in [-0.2, 0) is 10.0 Å². The highest BCUT2D eigenvalue weighted by atomic mass is 35.5. The summed E-state index contributed by atoms with van der Waals surface area (Å²) in [5, 5.41) is 14.1. The normalized spacial score (nSPS) is 22.9. The van der Waals surface area contributed by atoms with E-state index in [0.29, 0.717) is 6.54 Å². The van der Waals surface area contributed by atoms with Gasteiger partial charge in [0.2, 0.25) is 15.8 Å². The van der Waals surface area contributed by atoms with Crippen molar-refractivity contribution in [2.45, 2.75) is 30.8 Å². The first-order chi connectivity index (χ1) is 9.76. The molecule has 124 valence electrons. The summed E-state index contributed by atoms with van der Waals surface area (Å²) in [6.07, 6.45) is 0. The summed E-state index contributed by atoms with van der Waals surface area (Å²) in [5.74, 6) is -1.16. The number of nitrogens with one attached hydrogen (secondary N) is 1. The molecule has 10 heteroatoms. The van der Waals surface area contributed by atoms with Crippen LogP contribution in [0.15, 0.2) is 23.1 Å². The predicted molar refractivity (Wildman–Crippen MR) is 81.1 cm³/mol. The number of nitro groups is 1. The lowest BCUT2D eigenvalue weighted by Crippen LogP contribution is -2.57. The van der Waals surface area contributed by atoms with Gasteiger partial charge in [0.1, 0.15) is 0 Å². The van der Waals surface area contributed by atoms with E-state index < -0.39 is 31.3 Å². The van der Waals surface area contributed by atoms with Gasteiger partial charge in [-0.3, -0.25) is 10.1 Å². The van der Waals surface area contributed by atoms with Gasteiger partial charge < -0.3 is 5.32 Å². The molecular weight excluding hydrogens is 337 g/mol. The second-order valence-electron chi connectivity index (χ2n) is 4.94. The summed E-state index contributed by atoms with van der Waals surface area (Å²) < 4.78 is 40.1. The van der Waals surface area contributed by atoms with Gasteiger partial charge in [-0.2, -0.15) is 8.70 Å². The van der Waals surface area contributed by atoms with Crippen LogP contribution in [0.5, 0.6) is 0 Å². The zero-order chi connectivity index (χ0) is 15.8. The highest BCUT2D eigenvalue weighted by molar-refractivity contribution is 7.89. The number of para-hydroxylation sites is 1. The van der Waals surface area contributed by atoms with Crippen LogP contribution in [0, 0.1) is 15.9 Å². The SMILES string of the molecule is CC1NCCN(S(=O)(=O)c2cccc(F)c2[N+](=O)[O-])C1C.Cl. The lowest BCUT2D eigenvalue weighted by Gasteiger charge is -2.37. The van der Waals surface area contributed by atoms with Crippen LogP contribution in [0.3, 0.4) is 0 Å². The van der Waals surface area contributed by atoms with Gasteiger partial charge in [0.25, 0.3) is 0 Å². The van der Waals surface area contributed by atoms with Crippen LogP contribution in [0.2, 0.25) is 0 Å². The summed E-state index contributed by atoms with van der Waals surface area (Å²) in [6.45, 7) is 4.15. The number of hydrogen-bond donors (Lipinski definition) is 1. The van der Waals surface area contributed by atoms with Crippen molar-refractivity contribution < 1.29 is 17.7 Å². The fourth-order valence-corrected chi connectivity index (χ4v) is 4.24. The second-order valence-corrected chi connectivity index (χ2v) is 6.80. The number of nitrogens with zero attached hydrogens (tertiary/aromatic N) is 2. The minimum absolute atomic E-state index is 0. The highest BCUT2D eigenvalue weighted by Gasteiger charge is 2.39. The zero-order valence-electron chi connectivity index (χ0n) is 12.0. The average molecular weight is 354 g/mol. The number of rotatable bonds is 3. The largest absolute Gasteiger partial charge is 0.324 e. The molecule has 0 aliphatic carbocycles. The van der Waals surface area contributed by atoms with Crippen molar-refractivity contribution in [3.8, 4) is 0 Å². The van der Waals surface area contributed by atoms with E-state index in [-0.39, 0.29) is 31.0 Å². The van der Waals surface area contributed by atoms with Crippen molar-refractivity contribution in [2.24, 2.45) is 0 Å². The molecule has 1 heterocycles. The Bertz CT molecular complexity index is 670. The zero-order valence-corrected chi connectivity index (χ0v) is 13.7. The van der Waals surface area contributed by atoms with Crippen molar-refractivity contribution in [1.82, 2.24) is 9.62 Å². The summed E-state index contributed by atoms with van der Waals surface area (Å²) in [5.41, 5.74) is -1.00. The van der Waals surface area contributed by atoms with Gasteiger partial charge in [-0.15, -0.1) is 12.4 Å². The smallest absolute Gasteiger partial charge is 0.311 e. The maximum Gasteiger partial charge on any atom is 0.324 e. The van der Waals surface area contributed by atoms with Gasteiger partial charge in [-0.05, 0) is 26.0 Å². The van der Waals surface area contributed by atoms with Gasteiger partial charge >= 0.3 is 5.69 Å². The Balaban J connectivity index is 0.00000242. The third-order valence-corrected chi connectivity index (χ3v) is 5.71. The number of benzene rings is 1. The highest BCUT2D eigenvalue weighted by Crippen LogP contribution is 2.30. The first-order valence-electron chi connectivity index (χ1n) is 6.45. The molecule has 2 rings (SSSR count). The summed E-state index contributed by atoms with van der Waals surface area (Å²) >= 11 is 0. The minimum atomic E-state index is -4.13. The minimum Gasteiger partial charge on any atom is -0.311 e. The van der Waals surface area contributed by atoms with Crippen molar-refractivity contribution in [3.05, 3.63) is 34.1 Å². The van der Waals surface area contributed by atoms with Crippen LogP contribution >= 0.6 is 12.4 Å². The monoisotopic (exact) mass is 353 g/mol. The van der Waals surface area contributed by atoms with E-state index in [0.717, 1.165) is 18.2 Å². The number of piperazine rings is 1. The molecule has 0 radical (unpaired) electrons. The third-order valence-electron chi connectivity index (χ3n) is 3.70. The molecular formula is C12H17ClFN3O4S. The van der Waals surface area contributed by atoms with Crippen LogP contribution in [0.4, 0.5) is 10.1 Å². The molecule has 22 heavy (non-hydrogen) atoms. The van der Waals surface area contributed by atoms with E-state index in [1.165, 1.54) is 4.31 Å². The Morgan fingerprint density at radius 1 is 1.41 bits per heavy atom. The van der Waals surface area contributed by atoms with Gasteiger partial charge in [0.05, 0.1) is 4.92 Å². The molecule has 0 spiro atoms. The van der Waals surface area contributed by atoms with E-state index in [1.54, 1.807) is 6.92 Å². The molecule has 0 saturated carbocycles. The lowest BCUT2D eigenvalue weighted by atomic mass is 10.1. The van der Waals surface area contributed by atoms with Crippen LogP contribution in [-0.4, -0.2) is 42.8 Å². The molecule has 1 aliphatic rings. The molecule has 1 aliphatic heterocycles. The molecule has 1 N–H and O–H groups in total. The second kappa shape index (κ2) is 6.86. The predicted octanol–water partition coefficient (Wildman–Crippen LogP) is 1.53. The van der Waals surface area contributed by atoms with Gasteiger partial charge in [0, 0.05) is 25.2 Å². The molecule has 1 aromatic carbocycles. The van der Waals surface area contributed by atoms with Gasteiger partial charge in [-0.1, -0.05) is 6.07 Å². The van der Waals surface area contributed by atoms with E-state index in [9.17, 15) is 22.9 Å². The maximum absolute atomic E-state index is 13.6. The number of hydrogen-bond acceptors (Lipinski definition) is 5. The Morgan fingerprint density at radius 2 is 2.05 bits per heavy atom. The number of nitro benzene ring substituents is 1. The van der Waals surface area contributed by atoms with Crippen LogP contribution in [0.25, 0.3) is 0 Å². The molecule has 7 nitrogen and oxygen atoms in total. The Morgan fingerprint density at radius 3 is 2.64 bits per heavy atom.